The number of carbonyl (C=O) groups is 2. The van der Waals surface area contributed by atoms with E-state index >= 15 is 0 Å². The number of nitrogens with zero attached hydrogens (tertiary/aromatic N) is 2. The molecular weight excluding hydrogens is 466 g/mol. The number of nitrogens with one attached hydrogen (secondary N) is 1. The van der Waals surface area contributed by atoms with E-state index in [1.165, 1.54) is 0 Å². The molecule has 1 fully saturated rings. The molecule has 2 aliphatic rings. The summed E-state index contributed by atoms with van der Waals surface area (Å²) in [5, 5.41) is 3.75. The molecule has 0 aromatic heterocycles. The number of carbonyl (C=O) groups excluding carboxylic acids is 2. The summed E-state index contributed by atoms with van der Waals surface area (Å²) < 4.78 is 12.0. The van der Waals surface area contributed by atoms with Crippen molar-refractivity contribution < 1.29 is 19.1 Å². The fourth-order valence-electron chi connectivity index (χ4n) is 5.25. The van der Waals surface area contributed by atoms with Gasteiger partial charge >= 0.3 is 6.09 Å². The zero-order valence-electron chi connectivity index (χ0n) is 23.0. The van der Waals surface area contributed by atoms with Crippen molar-refractivity contribution in [3.8, 4) is 5.75 Å². The standard InChI is InChI=1S/C30H41N3O4/c1-20(2)36-26-18-22-14-15-27(34)32(6)25(22)17-23(26)19-31-24-13-10-16-33(29(35)37-30(3,4)5)28(24)21-11-8-7-9-12-21/h7-9,11-12,17-18,20,24,28,31H,10,13-16,19H2,1-6H3/t24-,28-/m0/s1. The number of ether oxygens (including phenoxy) is 2. The summed E-state index contributed by atoms with van der Waals surface area (Å²) in [7, 11) is 1.84. The first-order chi connectivity index (χ1) is 17.5. The van der Waals surface area contributed by atoms with Crippen LogP contribution in [0.1, 0.15) is 76.6 Å². The third-order valence-electron chi connectivity index (χ3n) is 6.92. The van der Waals surface area contributed by atoms with E-state index in [-0.39, 0.29) is 30.2 Å². The van der Waals surface area contributed by atoms with E-state index in [1.54, 1.807) is 4.90 Å². The zero-order valence-corrected chi connectivity index (χ0v) is 23.0. The lowest BCUT2D eigenvalue weighted by Gasteiger charge is -2.42. The van der Waals surface area contributed by atoms with E-state index in [0.29, 0.717) is 19.5 Å². The first-order valence-electron chi connectivity index (χ1n) is 13.4. The highest BCUT2D eigenvalue weighted by molar-refractivity contribution is 5.96. The van der Waals surface area contributed by atoms with Crippen molar-refractivity contribution >= 4 is 17.7 Å². The van der Waals surface area contributed by atoms with Crippen LogP contribution < -0.4 is 15.0 Å². The van der Waals surface area contributed by atoms with Crippen LogP contribution >= 0.6 is 0 Å². The number of fused-ring (bicyclic) bond motifs is 1. The molecule has 0 bridgehead atoms. The van der Waals surface area contributed by atoms with Gasteiger partial charge in [0, 0.05) is 43.9 Å². The summed E-state index contributed by atoms with van der Waals surface area (Å²) in [4.78, 5) is 29.2. The average Bonchev–Trinajstić information content (AvgIpc) is 2.84. The first-order valence-corrected chi connectivity index (χ1v) is 13.4. The monoisotopic (exact) mass is 507 g/mol. The zero-order chi connectivity index (χ0) is 26.7. The quantitative estimate of drug-likeness (QED) is 0.550. The number of hydrogen-bond acceptors (Lipinski definition) is 5. The lowest BCUT2D eigenvalue weighted by atomic mass is 9.90. The molecule has 0 radical (unpaired) electrons. The molecule has 2 aliphatic heterocycles. The number of likely N-dealkylation sites (tertiary alicyclic amines) is 1. The summed E-state index contributed by atoms with van der Waals surface area (Å²) in [6.07, 6.45) is 2.81. The number of benzene rings is 2. The number of piperidine rings is 1. The topological polar surface area (TPSA) is 71.1 Å². The molecule has 7 heteroatoms. The molecule has 0 spiro atoms. The SMILES string of the molecule is CC(C)Oc1cc2c(cc1CN[C@H]1CCCN(C(=O)OC(C)(C)C)[C@H]1c1ccccc1)N(C)C(=O)CC2. The van der Waals surface area contributed by atoms with Crippen LogP contribution in [0.4, 0.5) is 10.5 Å². The van der Waals surface area contributed by atoms with Crippen LogP contribution in [-0.2, 0) is 22.5 Å². The largest absolute Gasteiger partial charge is 0.491 e. The van der Waals surface area contributed by atoms with Crippen LogP contribution in [0.2, 0.25) is 0 Å². The van der Waals surface area contributed by atoms with E-state index < -0.39 is 5.60 Å². The van der Waals surface area contributed by atoms with Crippen LogP contribution in [-0.4, -0.2) is 48.2 Å². The van der Waals surface area contributed by atoms with E-state index in [2.05, 4.69) is 29.6 Å². The molecule has 2 aromatic carbocycles. The maximum absolute atomic E-state index is 13.2. The molecule has 4 rings (SSSR count). The van der Waals surface area contributed by atoms with Gasteiger partial charge in [0.2, 0.25) is 5.91 Å². The Balaban J connectivity index is 1.62. The Morgan fingerprint density at radius 3 is 2.54 bits per heavy atom. The summed E-state index contributed by atoms with van der Waals surface area (Å²) in [5.41, 5.74) is 3.62. The smallest absolute Gasteiger partial charge is 0.410 e. The van der Waals surface area contributed by atoms with Crippen molar-refractivity contribution in [1.29, 1.82) is 0 Å². The molecule has 2 aromatic rings. The Morgan fingerprint density at radius 2 is 1.86 bits per heavy atom. The molecule has 7 nitrogen and oxygen atoms in total. The second-order valence-electron chi connectivity index (χ2n) is 11.4. The van der Waals surface area contributed by atoms with Crippen molar-refractivity contribution in [3.63, 3.8) is 0 Å². The number of anilines is 1. The summed E-state index contributed by atoms with van der Waals surface area (Å²) >= 11 is 0. The maximum atomic E-state index is 13.2. The van der Waals surface area contributed by atoms with Gasteiger partial charge in [0.25, 0.3) is 0 Å². The maximum Gasteiger partial charge on any atom is 0.410 e. The molecule has 200 valence electrons. The average molecular weight is 508 g/mol. The fourth-order valence-corrected chi connectivity index (χ4v) is 5.25. The van der Waals surface area contributed by atoms with Crippen molar-refractivity contribution in [1.82, 2.24) is 10.2 Å². The Morgan fingerprint density at radius 1 is 1.14 bits per heavy atom. The normalized spacial score (nSPS) is 20.1. The van der Waals surface area contributed by atoms with Crippen LogP contribution in [0.15, 0.2) is 42.5 Å². The minimum atomic E-state index is -0.561. The summed E-state index contributed by atoms with van der Waals surface area (Å²) in [5.74, 6) is 0.980. The summed E-state index contributed by atoms with van der Waals surface area (Å²) in [6.45, 7) is 11.0. The van der Waals surface area contributed by atoms with Gasteiger partial charge in [-0.05, 0) is 77.1 Å². The van der Waals surface area contributed by atoms with E-state index in [4.69, 9.17) is 9.47 Å². The molecule has 37 heavy (non-hydrogen) atoms. The van der Waals surface area contributed by atoms with Crippen LogP contribution in [0.3, 0.4) is 0 Å². The number of aryl methyl sites for hydroxylation is 1. The highest BCUT2D eigenvalue weighted by Gasteiger charge is 2.37. The van der Waals surface area contributed by atoms with Gasteiger partial charge in [0.15, 0.2) is 0 Å². The lowest BCUT2D eigenvalue weighted by Crippen LogP contribution is -2.51. The Kier molecular flexibility index (Phi) is 8.12. The van der Waals surface area contributed by atoms with Gasteiger partial charge in [-0.3, -0.25) is 9.69 Å². The molecular formula is C30H41N3O4. The minimum Gasteiger partial charge on any atom is -0.491 e. The Bertz CT molecular complexity index is 1110. The number of rotatable bonds is 6. The predicted octanol–water partition coefficient (Wildman–Crippen LogP) is 5.61. The van der Waals surface area contributed by atoms with E-state index in [9.17, 15) is 9.59 Å². The van der Waals surface area contributed by atoms with Gasteiger partial charge in [0.1, 0.15) is 11.4 Å². The molecule has 0 saturated carbocycles. The molecule has 1 N–H and O–H groups in total. The number of amides is 2. The Hall–Kier alpha value is -3.06. The van der Waals surface area contributed by atoms with Gasteiger partial charge in [-0.1, -0.05) is 30.3 Å². The fraction of sp³-hybridized carbons (Fsp3) is 0.533. The number of hydrogen-bond donors (Lipinski definition) is 1. The highest BCUT2D eigenvalue weighted by atomic mass is 16.6. The third-order valence-corrected chi connectivity index (χ3v) is 6.92. The Labute approximate surface area is 221 Å². The van der Waals surface area contributed by atoms with Crippen LogP contribution in [0.25, 0.3) is 0 Å². The molecule has 0 aliphatic carbocycles. The van der Waals surface area contributed by atoms with Crippen LogP contribution in [0, 0.1) is 0 Å². The van der Waals surface area contributed by atoms with Gasteiger partial charge in [-0.2, -0.15) is 0 Å². The molecule has 0 unspecified atom stereocenters. The minimum absolute atomic E-state index is 0.0333. The molecule has 1 saturated heterocycles. The molecule has 2 heterocycles. The van der Waals surface area contributed by atoms with Crippen molar-refractivity contribution in [2.24, 2.45) is 0 Å². The van der Waals surface area contributed by atoms with Crippen molar-refractivity contribution in [3.05, 3.63) is 59.2 Å². The van der Waals surface area contributed by atoms with Gasteiger partial charge in [-0.25, -0.2) is 4.79 Å². The van der Waals surface area contributed by atoms with E-state index in [0.717, 1.165) is 47.4 Å². The highest BCUT2D eigenvalue weighted by Crippen LogP contribution is 2.36. The van der Waals surface area contributed by atoms with Crippen LogP contribution in [0.5, 0.6) is 5.75 Å². The lowest BCUT2D eigenvalue weighted by molar-refractivity contribution is -0.118. The van der Waals surface area contributed by atoms with Gasteiger partial charge in [0.05, 0.1) is 12.1 Å². The molecule has 2 atom stereocenters. The molecule has 2 amide bonds. The van der Waals surface area contributed by atoms with Gasteiger partial charge in [-0.15, -0.1) is 0 Å². The van der Waals surface area contributed by atoms with Crippen molar-refractivity contribution in [2.75, 3.05) is 18.5 Å². The summed E-state index contributed by atoms with van der Waals surface area (Å²) in [6, 6.07) is 14.2. The van der Waals surface area contributed by atoms with Crippen molar-refractivity contribution in [2.45, 2.75) is 90.6 Å². The first kappa shape index (κ1) is 27.0. The third kappa shape index (κ3) is 6.45. The second kappa shape index (κ2) is 11.1. The second-order valence-corrected chi connectivity index (χ2v) is 11.4. The predicted molar refractivity (Wildman–Crippen MR) is 146 cm³/mol. The van der Waals surface area contributed by atoms with E-state index in [1.807, 2.05) is 64.8 Å². The van der Waals surface area contributed by atoms with Gasteiger partial charge < -0.3 is 19.7 Å².